The van der Waals surface area contributed by atoms with Crippen LogP contribution in [0, 0.1) is 11.8 Å². The van der Waals surface area contributed by atoms with E-state index in [1.807, 2.05) is 6.07 Å². The molecule has 5 atom stereocenters. The zero-order chi connectivity index (χ0) is 35.1. The van der Waals surface area contributed by atoms with Gasteiger partial charge in [-0.1, -0.05) is 70.2 Å². The lowest BCUT2D eigenvalue weighted by atomic mass is 9.98. The minimum Gasteiger partial charge on any atom is -0.508 e. The zero-order valence-electron chi connectivity index (χ0n) is 27.6. The Bertz CT molecular complexity index is 1320. The molecule has 258 valence electrons. The van der Waals surface area contributed by atoms with Crippen LogP contribution in [0.15, 0.2) is 54.6 Å². The Morgan fingerprint density at radius 1 is 0.660 bits per heavy atom. The summed E-state index contributed by atoms with van der Waals surface area (Å²) in [6, 6.07) is 9.84. The Morgan fingerprint density at radius 2 is 1.17 bits per heavy atom. The van der Waals surface area contributed by atoms with Crippen molar-refractivity contribution in [3.8, 4) is 5.75 Å². The quantitative estimate of drug-likeness (QED) is 0.101. The Labute approximate surface area is 276 Å². The highest BCUT2D eigenvalue weighted by Crippen LogP contribution is 2.13. The molecule has 0 bridgehead atoms. The SMILES string of the molecule is CC(C)[C@H](NC(=O)[C@@H](NC(=O)[C@@H](N)Cc1ccc(O)cc1)C(C)C)C(=O)N[C@@H](Cc1ccccc1)C(=O)N[C@@H](CCCCN)C(=O)O. The first-order valence-electron chi connectivity index (χ1n) is 15.9. The Balaban J connectivity index is 2.19. The van der Waals surface area contributed by atoms with Crippen LogP contribution in [0.3, 0.4) is 0 Å². The number of phenols is 1. The number of carboxylic acid groups (broad SMARTS) is 1. The molecular weight excluding hydrogens is 604 g/mol. The maximum absolute atomic E-state index is 13.6. The fourth-order valence-electron chi connectivity index (χ4n) is 4.89. The number of rotatable bonds is 19. The van der Waals surface area contributed by atoms with Crippen LogP contribution in [-0.4, -0.2) is 76.6 Å². The van der Waals surface area contributed by atoms with E-state index in [0.717, 1.165) is 11.1 Å². The van der Waals surface area contributed by atoms with Gasteiger partial charge in [-0.05, 0) is 67.3 Å². The summed E-state index contributed by atoms with van der Waals surface area (Å²) in [5.74, 6) is -4.37. The lowest BCUT2D eigenvalue weighted by Gasteiger charge is -2.29. The molecule has 0 aliphatic rings. The molecule has 0 fully saturated rings. The van der Waals surface area contributed by atoms with Gasteiger partial charge in [0.15, 0.2) is 0 Å². The Hall–Kier alpha value is -4.49. The molecular formula is C34H50N6O7. The molecule has 4 amide bonds. The third-order valence-corrected chi connectivity index (χ3v) is 7.70. The predicted molar refractivity (Wildman–Crippen MR) is 178 cm³/mol. The molecule has 10 N–H and O–H groups in total. The van der Waals surface area contributed by atoms with Crippen LogP contribution in [0.5, 0.6) is 5.75 Å². The van der Waals surface area contributed by atoms with E-state index in [2.05, 4.69) is 21.3 Å². The van der Waals surface area contributed by atoms with Crippen molar-refractivity contribution >= 4 is 29.6 Å². The monoisotopic (exact) mass is 654 g/mol. The summed E-state index contributed by atoms with van der Waals surface area (Å²) in [4.78, 5) is 65.4. The molecule has 2 aromatic rings. The van der Waals surface area contributed by atoms with Gasteiger partial charge in [0.05, 0.1) is 6.04 Å². The second-order valence-corrected chi connectivity index (χ2v) is 12.4. The summed E-state index contributed by atoms with van der Waals surface area (Å²) in [6.07, 6.45) is 1.53. The van der Waals surface area contributed by atoms with E-state index in [-0.39, 0.29) is 30.9 Å². The Kier molecular flexibility index (Phi) is 15.8. The number of carbonyl (C=O) groups excluding carboxylic acids is 4. The van der Waals surface area contributed by atoms with Gasteiger partial charge in [0.25, 0.3) is 0 Å². The van der Waals surface area contributed by atoms with Gasteiger partial charge in [-0.2, -0.15) is 0 Å². The van der Waals surface area contributed by atoms with Gasteiger partial charge in [-0.25, -0.2) is 4.79 Å². The predicted octanol–water partition coefficient (Wildman–Crippen LogP) is 0.970. The summed E-state index contributed by atoms with van der Waals surface area (Å²) in [7, 11) is 0. The molecule has 0 spiro atoms. The van der Waals surface area contributed by atoms with Crippen molar-refractivity contribution in [1.29, 1.82) is 0 Å². The number of aliphatic carboxylic acids is 1. The number of benzene rings is 2. The second-order valence-electron chi connectivity index (χ2n) is 12.4. The number of aromatic hydroxyl groups is 1. The van der Waals surface area contributed by atoms with E-state index in [1.54, 1.807) is 64.1 Å². The zero-order valence-corrected chi connectivity index (χ0v) is 27.6. The standard InChI is InChI=1S/C34H50N6O7/c1-20(2)28(40-33(45)29(21(3)4)39-30(42)25(36)18-23-13-15-24(41)16-14-23)32(44)38-27(19-22-10-6-5-7-11-22)31(43)37-26(34(46)47)12-8-9-17-35/h5-7,10-11,13-16,20-21,25-29,41H,8-9,12,17-19,35-36H2,1-4H3,(H,37,43)(H,38,44)(H,39,42)(H,40,45)(H,46,47)/t25-,26-,27-,28-,29-/m0/s1. The number of amides is 4. The third kappa shape index (κ3) is 13.0. The molecule has 0 heterocycles. The van der Waals surface area contributed by atoms with Crippen LogP contribution in [0.2, 0.25) is 0 Å². The molecule has 2 aromatic carbocycles. The molecule has 0 aromatic heterocycles. The van der Waals surface area contributed by atoms with Crippen LogP contribution in [0.4, 0.5) is 0 Å². The number of phenolic OH excluding ortho intramolecular Hbond substituents is 1. The first-order valence-corrected chi connectivity index (χ1v) is 15.9. The topological polar surface area (TPSA) is 226 Å². The molecule has 0 aliphatic carbocycles. The van der Waals surface area contributed by atoms with Crippen molar-refractivity contribution in [3.63, 3.8) is 0 Å². The summed E-state index contributed by atoms with van der Waals surface area (Å²) >= 11 is 0. The molecule has 0 saturated heterocycles. The smallest absolute Gasteiger partial charge is 0.326 e. The fourth-order valence-corrected chi connectivity index (χ4v) is 4.89. The number of nitrogens with one attached hydrogen (secondary N) is 4. The number of hydrogen-bond acceptors (Lipinski definition) is 8. The largest absolute Gasteiger partial charge is 0.508 e. The highest BCUT2D eigenvalue weighted by atomic mass is 16.4. The number of nitrogens with two attached hydrogens (primary N) is 2. The average molecular weight is 655 g/mol. The summed E-state index contributed by atoms with van der Waals surface area (Å²) in [5, 5.41) is 29.9. The van der Waals surface area contributed by atoms with Gasteiger partial charge in [-0.3, -0.25) is 19.2 Å². The molecule has 0 saturated carbocycles. The summed E-state index contributed by atoms with van der Waals surface area (Å²) in [5.41, 5.74) is 13.1. The van der Waals surface area contributed by atoms with Gasteiger partial charge in [0.1, 0.15) is 29.9 Å². The van der Waals surface area contributed by atoms with Gasteiger partial charge < -0.3 is 42.9 Å². The Morgan fingerprint density at radius 3 is 1.70 bits per heavy atom. The van der Waals surface area contributed by atoms with Crippen molar-refractivity contribution in [2.24, 2.45) is 23.3 Å². The second kappa shape index (κ2) is 19.2. The maximum Gasteiger partial charge on any atom is 0.326 e. The minimum atomic E-state index is -1.20. The fraction of sp³-hybridized carbons (Fsp3) is 0.500. The highest BCUT2D eigenvalue weighted by Gasteiger charge is 2.34. The van der Waals surface area contributed by atoms with E-state index >= 15 is 0 Å². The van der Waals surface area contributed by atoms with Crippen LogP contribution in [0.1, 0.15) is 58.1 Å². The van der Waals surface area contributed by atoms with Crippen LogP contribution < -0.4 is 32.7 Å². The molecule has 47 heavy (non-hydrogen) atoms. The molecule has 0 radical (unpaired) electrons. The maximum atomic E-state index is 13.6. The van der Waals surface area contributed by atoms with Gasteiger partial charge >= 0.3 is 5.97 Å². The normalized spacial score (nSPS) is 14.4. The van der Waals surface area contributed by atoms with E-state index in [4.69, 9.17) is 11.5 Å². The van der Waals surface area contributed by atoms with Crippen LogP contribution >= 0.6 is 0 Å². The lowest BCUT2D eigenvalue weighted by Crippen LogP contribution is -2.60. The van der Waals surface area contributed by atoms with Gasteiger partial charge in [-0.15, -0.1) is 0 Å². The van der Waals surface area contributed by atoms with Crippen molar-refractivity contribution < 1.29 is 34.2 Å². The van der Waals surface area contributed by atoms with E-state index in [9.17, 15) is 34.2 Å². The van der Waals surface area contributed by atoms with Crippen molar-refractivity contribution in [1.82, 2.24) is 21.3 Å². The molecule has 0 aliphatic heterocycles. The van der Waals surface area contributed by atoms with E-state index in [0.29, 0.717) is 19.4 Å². The molecule has 0 unspecified atom stereocenters. The summed E-state index contributed by atoms with van der Waals surface area (Å²) < 4.78 is 0. The van der Waals surface area contributed by atoms with Crippen molar-refractivity contribution in [2.75, 3.05) is 6.54 Å². The van der Waals surface area contributed by atoms with Crippen molar-refractivity contribution in [3.05, 3.63) is 65.7 Å². The van der Waals surface area contributed by atoms with E-state index < -0.39 is 65.7 Å². The van der Waals surface area contributed by atoms with Crippen LogP contribution in [-0.2, 0) is 36.8 Å². The first-order chi connectivity index (χ1) is 22.2. The average Bonchev–Trinajstić information content (AvgIpc) is 3.02. The minimum absolute atomic E-state index is 0.0793. The van der Waals surface area contributed by atoms with E-state index in [1.165, 1.54) is 12.1 Å². The lowest BCUT2D eigenvalue weighted by molar-refractivity contribution is -0.142. The van der Waals surface area contributed by atoms with Crippen molar-refractivity contribution in [2.45, 2.75) is 90.0 Å². The van der Waals surface area contributed by atoms with Gasteiger partial charge in [0, 0.05) is 6.42 Å². The first kappa shape index (κ1) is 38.7. The van der Waals surface area contributed by atoms with Gasteiger partial charge in [0.2, 0.25) is 23.6 Å². The number of carboxylic acids is 1. The number of unbranched alkanes of at least 4 members (excludes halogenated alkanes) is 1. The molecule has 13 heteroatoms. The third-order valence-electron chi connectivity index (χ3n) is 7.70. The number of carbonyl (C=O) groups is 5. The van der Waals surface area contributed by atoms with Crippen LogP contribution in [0.25, 0.3) is 0 Å². The number of hydrogen-bond donors (Lipinski definition) is 8. The molecule has 2 rings (SSSR count). The highest BCUT2D eigenvalue weighted by molar-refractivity contribution is 5.95. The summed E-state index contributed by atoms with van der Waals surface area (Å²) in [6.45, 7) is 7.33. The molecule has 13 nitrogen and oxygen atoms in total.